The zero-order valence-electron chi connectivity index (χ0n) is 14.4. The Labute approximate surface area is 152 Å². The van der Waals surface area contributed by atoms with Crippen molar-refractivity contribution in [2.24, 2.45) is 0 Å². The molecule has 1 heterocycles. The summed E-state index contributed by atoms with van der Waals surface area (Å²) >= 11 is 1.36. The van der Waals surface area contributed by atoms with Crippen molar-refractivity contribution in [1.29, 1.82) is 0 Å². The van der Waals surface area contributed by atoms with Gasteiger partial charge in [-0.3, -0.25) is 5.32 Å². The van der Waals surface area contributed by atoms with Crippen LogP contribution in [0.4, 0.5) is 9.93 Å². The molecular formula is C16H22N4O3S2. The van der Waals surface area contributed by atoms with E-state index in [9.17, 15) is 13.2 Å². The van der Waals surface area contributed by atoms with Crippen LogP contribution < -0.4 is 10.6 Å². The molecule has 136 valence electrons. The van der Waals surface area contributed by atoms with E-state index < -0.39 is 10.0 Å². The number of rotatable bonds is 7. The van der Waals surface area contributed by atoms with Crippen LogP contribution in [-0.2, 0) is 16.6 Å². The molecule has 0 bridgehead atoms. The zero-order valence-corrected chi connectivity index (χ0v) is 16.1. The molecule has 0 spiro atoms. The number of hydrogen-bond acceptors (Lipinski definition) is 5. The van der Waals surface area contributed by atoms with Crippen molar-refractivity contribution in [1.82, 2.24) is 14.6 Å². The maximum absolute atomic E-state index is 12.4. The van der Waals surface area contributed by atoms with Crippen molar-refractivity contribution in [3.8, 4) is 0 Å². The van der Waals surface area contributed by atoms with Gasteiger partial charge in [-0.25, -0.2) is 18.2 Å². The van der Waals surface area contributed by atoms with Crippen LogP contribution in [0.5, 0.6) is 0 Å². The second-order valence-corrected chi connectivity index (χ2v) is 8.13. The maximum atomic E-state index is 12.4. The van der Waals surface area contributed by atoms with E-state index in [2.05, 4.69) is 15.6 Å². The van der Waals surface area contributed by atoms with Crippen LogP contribution in [0.15, 0.2) is 34.5 Å². The van der Waals surface area contributed by atoms with Gasteiger partial charge >= 0.3 is 6.03 Å². The minimum Gasteiger partial charge on any atom is -0.334 e. The van der Waals surface area contributed by atoms with Crippen molar-refractivity contribution in [3.63, 3.8) is 0 Å². The van der Waals surface area contributed by atoms with Gasteiger partial charge in [-0.2, -0.15) is 4.31 Å². The Hall–Kier alpha value is -1.97. The summed E-state index contributed by atoms with van der Waals surface area (Å²) in [6.45, 7) is 6.62. The Kier molecular flexibility index (Phi) is 6.51. The molecule has 0 aliphatic carbocycles. The summed E-state index contributed by atoms with van der Waals surface area (Å²) in [7, 11) is -3.46. The lowest BCUT2D eigenvalue weighted by Crippen LogP contribution is -2.30. The van der Waals surface area contributed by atoms with Crippen LogP contribution in [-0.4, -0.2) is 36.8 Å². The highest BCUT2D eigenvalue weighted by molar-refractivity contribution is 7.89. The van der Waals surface area contributed by atoms with Crippen LogP contribution >= 0.6 is 11.3 Å². The molecule has 0 unspecified atom stereocenters. The molecule has 1 aromatic heterocycles. The normalized spacial score (nSPS) is 11.5. The lowest BCUT2D eigenvalue weighted by atomic mass is 10.2. The van der Waals surface area contributed by atoms with E-state index >= 15 is 0 Å². The Bertz CT molecular complexity index is 812. The standard InChI is InChI=1S/C16H22N4O3S2/c1-4-20(5-2)25(22,23)14-8-6-13(7-9-14)10-17-15(21)19-16-18-12(3)11-24-16/h6-9,11H,4-5,10H2,1-3H3,(H2,17,18,19,21). The molecular weight excluding hydrogens is 360 g/mol. The molecule has 9 heteroatoms. The predicted molar refractivity (Wildman–Crippen MR) is 99.3 cm³/mol. The maximum Gasteiger partial charge on any atom is 0.321 e. The van der Waals surface area contributed by atoms with Crippen LogP contribution in [0.25, 0.3) is 0 Å². The molecule has 0 saturated heterocycles. The van der Waals surface area contributed by atoms with Crippen molar-refractivity contribution in [2.75, 3.05) is 18.4 Å². The quantitative estimate of drug-likeness (QED) is 0.770. The number of carbonyl (C=O) groups is 1. The Morgan fingerprint density at radius 2 is 1.84 bits per heavy atom. The summed E-state index contributed by atoms with van der Waals surface area (Å²) in [5.74, 6) is 0. The SMILES string of the molecule is CCN(CC)S(=O)(=O)c1ccc(CNC(=O)Nc2nc(C)cs2)cc1. The second-order valence-electron chi connectivity index (χ2n) is 5.33. The number of thiazole rings is 1. The van der Waals surface area contributed by atoms with Gasteiger partial charge in [-0.15, -0.1) is 11.3 Å². The van der Waals surface area contributed by atoms with Gasteiger partial charge in [0.05, 0.1) is 10.6 Å². The molecule has 2 N–H and O–H groups in total. The van der Waals surface area contributed by atoms with Crippen LogP contribution in [0.1, 0.15) is 25.1 Å². The minimum atomic E-state index is -3.46. The number of carbonyl (C=O) groups excluding carboxylic acids is 1. The fraction of sp³-hybridized carbons (Fsp3) is 0.375. The highest BCUT2D eigenvalue weighted by Gasteiger charge is 2.21. The highest BCUT2D eigenvalue weighted by atomic mass is 32.2. The molecule has 0 aliphatic rings. The van der Waals surface area contributed by atoms with E-state index in [4.69, 9.17) is 0 Å². The average molecular weight is 383 g/mol. The molecule has 0 atom stereocenters. The number of benzene rings is 1. The molecule has 0 aliphatic heterocycles. The lowest BCUT2D eigenvalue weighted by molar-refractivity contribution is 0.251. The van der Waals surface area contributed by atoms with Crippen LogP contribution in [0, 0.1) is 6.92 Å². The first kappa shape index (κ1) is 19.4. The molecule has 25 heavy (non-hydrogen) atoms. The number of hydrogen-bond donors (Lipinski definition) is 2. The summed E-state index contributed by atoms with van der Waals surface area (Å²) in [6, 6.07) is 6.17. The Morgan fingerprint density at radius 1 is 1.20 bits per heavy atom. The summed E-state index contributed by atoms with van der Waals surface area (Å²) in [6.07, 6.45) is 0. The third-order valence-electron chi connectivity index (χ3n) is 3.56. The van der Waals surface area contributed by atoms with Gasteiger partial charge < -0.3 is 5.32 Å². The number of sulfonamides is 1. The number of nitrogens with one attached hydrogen (secondary N) is 2. The van der Waals surface area contributed by atoms with Gasteiger partial charge in [0.2, 0.25) is 10.0 Å². The largest absolute Gasteiger partial charge is 0.334 e. The first-order valence-electron chi connectivity index (χ1n) is 7.93. The molecule has 2 rings (SSSR count). The topological polar surface area (TPSA) is 91.4 Å². The number of nitrogens with zero attached hydrogens (tertiary/aromatic N) is 2. The highest BCUT2D eigenvalue weighted by Crippen LogP contribution is 2.16. The fourth-order valence-corrected chi connectivity index (χ4v) is 4.37. The molecule has 7 nitrogen and oxygen atoms in total. The van der Waals surface area contributed by atoms with Gasteiger partial charge in [0.25, 0.3) is 0 Å². The summed E-state index contributed by atoms with van der Waals surface area (Å²) in [4.78, 5) is 16.2. The number of aryl methyl sites for hydroxylation is 1. The van der Waals surface area contributed by atoms with E-state index in [1.165, 1.54) is 15.6 Å². The smallest absolute Gasteiger partial charge is 0.321 e. The first-order chi connectivity index (χ1) is 11.9. The van der Waals surface area contributed by atoms with Gasteiger partial charge in [0.15, 0.2) is 5.13 Å². The Morgan fingerprint density at radius 3 is 2.36 bits per heavy atom. The van der Waals surface area contributed by atoms with Crippen LogP contribution in [0.3, 0.4) is 0 Å². The molecule has 0 fully saturated rings. The van der Waals surface area contributed by atoms with E-state index in [1.54, 1.807) is 24.3 Å². The van der Waals surface area contributed by atoms with Crippen molar-refractivity contribution >= 4 is 32.5 Å². The zero-order chi connectivity index (χ0) is 18.4. The van der Waals surface area contributed by atoms with Gasteiger partial charge in [0.1, 0.15) is 0 Å². The van der Waals surface area contributed by atoms with E-state index in [1.807, 2.05) is 26.2 Å². The van der Waals surface area contributed by atoms with Crippen molar-refractivity contribution in [3.05, 3.63) is 40.9 Å². The van der Waals surface area contributed by atoms with Crippen molar-refractivity contribution < 1.29 is 13.2 Å². The Balaban J connectivity index is 1.95. The number of amides is 2. The molecule has 0 saturated carbocycles. The van der Waals surface area contributed by atoms with Gasteiger partial charge in [0, 0.05) is 25.0 Å². The summed E-state index contributed by atoms with van der Waals surface area (Å²) in [5, 5.41) is 7.76. The molecule has 0 radical (unpaired) electrons. The minimum absolute atomic E-state index is 0.252. The predicted octanol–water partition coefficient (Wildman–Crippen LogP) is 2.80. The van der Waals surface area contributed by atoms with E-state index in [0.29, 0.717) is 24.8 Å². The number of anilines is 1. The number of urea groups is 1. The number of aromatic nitrogens is 1. The fourth-order valence-electron chi connectivity index (χ4n) is 2.23. The molecule has 1 aromatic carbocycles. The summed E-state index contributed by atoms with van der Waals surface area (Å²) < 4.78 is 26.2. The second kappa shape index (κ2) is 8.41. The monoisotopic (exact) mass is 382 g/mol. The van der Waals surface area contributed by atoms with Gasteiger partial charge in [-0.1, -0.05) is 26.0 Å². The average Bonchev–Trinajstić information content (AvgIpc) is 2.99. The lowest BCUT2D eigenvalue weighted by Gasteiger charge is -2.18. The first-order valence-corrected chi connectivity index (χ1v) is 10.2. The van der Waals surface area contributed by atoms with E-state index in [-0.39, 0.29) is 10.9 Å². The third kappa shape index (κ3) is 5.00. The van der Waals surface area contributed by atoms with E-state index in [0.717, 1.165) is 11.3 Å². The van der Waals surface area contributed by atoms with Crippen molar-refractivity contribution in [2.45, 2.75) is 32.2 Å². The molecule has 2 amide bonds. The summed E-state index contributed by atoms with van der Waals surface area (Å²) in [5.41, 5.74) is 1.66. The van der Waals surface area contributed by atoms with Gasteiger partial charge in [-0.05, 0) is 24.6 Å². The third-order valence-corrected chi connectivity index (χ3v) is 6.50. The van der Waals surface area contributed by atoms with Crippen LogP contribution in [0.2, 0.25) is 0 Å². The molecule has 2 aromatic rings.